The van der Waals surface area contributed by atoms with Gasteiger partial charge < -0.3 is 14.6 Å². The van der Waals surface area contributed by atoms with Crippen molar-refractivity contribution in [2.75, 3.05) is 7.11 Å². The molecule has 2 rings (SSSR count). The summed E-state index contributed by atoms with van der Waals surface area (Å²) in [7, 11) is 1.62. The maximum Gasteiger partial charge on any atom is 0.204 e. The molecule has 0 atom stereocenters. The smallest absolute Gasteiger partial charge is 0.204 e. The average molecular weight is 342 g/mol. The lowest BCUT2D eigenvalue weighted by molar-refractivity contribution is -0.133. The molecule has 0 aliphatic heterocycles. The highest BCUT2D eigenvalue weighted by atomic mass is 16.7. The number of methoxy groups -OCH3 is 1. The first-order chi connectivity index (χ1) is 11.9. The van der Waals surface area contributed by atoms with E-state index in [4.69, 9.17) is 9.47 Å². The van der Waals surface area contributed by atoms with Gasteiger partial charge in [0.25, 0.3) is 0 Å². The SMILES string of the molecule is CCCCCc1cc(O)c(-c2cccc(C)c2)c(OC(C)(C)OC)c1. The number of unbranched alkanes of at least 4 members (excludes halogenated alkanes) is 2. The van der Waals surface area contributed by atoms with Gasteiger partial charge in [0.1, 0.15) is 11.5 Å². The van der Waals surface area contributed by atoms with E-state index in [2.05, 4.69) is 13.0 Å². The van der Waals surface area contributed by atoms with Crippen LogP contribution in [0.15, 0.2) is 36.4 Å². The van der Waals surface area contributed by atoms with Crippen molar-refractivity contribution >= 4 is 0 Å². The minimum absolute atomic E-state index is 0.251. The van der Waals surface area contributed by atoms with E-state index < -0.39 is 5.79 Å². The molecule has 0 unspecified atom stereocenters. The van der Waals surface area contributed by atoms with Gasteiger partial charge in [0.2, 0.25) is 5.79 Å². The standard InChI is InChI=1S/C22H30O3/c1-6-7-8-11-17-14-19(23)21(18-12-9-10-16(2)13-18)20(15-17)25-22(3,4)24-5/h9-10,12-15,23H,6-8,11H2,1-5H3. The van der Waals surface area contributed by atoms with Crippen LogP contribution in [0, 0.1) is 6.92 Å². The zero-order valence-corrected chi connectivity index (χ0v) is 16.1. The maximum atomic E-state index is 10.7. The summed E-state index contributed by atoms with van der Waals surface area (Å²) in [5.41, 5.74) is 3.89. The first-order valence-corrected chi connectivity index (χ1v) is 9.03. The van der Waals surface area contributed by atoms with E-state index in [1.54, 1.807) is 7.11 Å². The van der Waals surface area contributed by atoms with Crippen LogP contribution in [0.1, 0.15) is 51.2 Å². The average Bonchev–Trinajstić information content (AvgIpc) is 2.54. The molecule has 0 saturated heterocycles. The van der Waals surface area contributed by atoms with Gasteiger partial charge in [0.05, 0.1) is 5.56 Å². The number of ether oxygens (including phenoxy) is 2. The molecular formula is C22H30O3. The molecule has 1 N–H and O–H groups in total. The highest BCUT2D eigenvalue weighted by molar-refractivity contribution is 5.77. The molecule has 0 aliphatic carbocycles. The first kappa shape index (κ1) is 19.3. The summed E-state index contributed by atoms with van der Waals surface area (Å²) in [6.45, 7) is 7.97. The Kier molecular flexibility index (Phi) is 6.49. The normalized spacial score (nSPS) is 11.6. The third-order valence-corrected chi connectivity index (χ3v) is 4.36. The van der Waals surface area contributed by atoms with Crippen LogP contribution < -0.4 is 4.74 Å². The Morgan fingerprint density at radius 1 is 1.08 bits per heavy atom. The molecule has 25 heavy (non-hydrogen) atoms. The molecule has 2 aromatic rings. The molecule has 0 saturated carbocycles. The van der Waals surface area contributed by atoms with Crippen LogP contribution in [0.25, 0.3) is 11.1 Å². The number of aryl methyl sites for hydroxylation is 2. The van der Waals surface area contributed by atoms with Crippen molar-refractivity contribution < 1.29 is 14.6 Å². The van der Waals surface area contributed by atoms with Crippen LogP contribution in [0.4, 0.5) is 0 Å². The molecule has 0 fully saturated rings. The van der Waals surface area contributed by atoms with E-state index in [0.29, 0.717) is 11.3 Å². The Morgan fingerprint density at radius 3 is 2.48 bits per heavy atom. The van der Waals surface area contributed by atoms with Crippen LogP contribution in [0.5, 0.6) is 11.5 Å². The van der Waals surface area contributed by atoms with Gasteiger partial charge in [-0.25, -0.2) is 0 Å². The van der Waals surface area contributed by atoms with Crippen molar-refractivity contribution in [3.63, 3.8) is 0 Å². The minimum atomic E-state index is -0.771. The van der Waals surface area contributed by atoms with Crippen LogP contribution in [-0.2, 0) is 11.2 Å². The molecular weight excluding hydrogens is 312 g/mol. The predicted octanol–water partition coefficient (Wildman–Crippen LogP) is 5.86. The lowest BCUT2D eigenvalue weighted by Crippen LogP contribution is -2.30. The topological polar surface area (TPSA) is 38.7 Å². The Hall–Kier alpha value is -2.00. The molecule has 2 aromatic carbocycles. The summed E-state index contributed by atoms with van der Waals surface area (Å²) in [5.74, 6) is 0.137. The van der Waals surface area contributed by atoms with Crippen molar-refractivity contribution in [2.24, 2.45) is 0 Å². The van der Waals surface area contributed by atoms with Gasteiger partial charge in [-0.3, -0.25) is 0 Å². The number of aromatic hydroxyl groups is 1. The molecule has 0 bridgehead atoms. The summed E-state index contributed by atoms with van der Waals surface area (Å²) in [6.07, 6.45) is 4.39. The van der Waals surface area contributed by atoms with Crippen molar-refractivity contribution in [1.82, 2.24) is 0 Å². The van der Waals surface area contributed by atoms with E-state index in [1.165, 1.54) is 12.8 Å². The fourth-order valence-electron chi connectivity index (χ4n) is 2.86. The molecule has 3 heteroatoms. The second kappa shape index (κ2) is 8.39. The van der Waals surface area contributed by atoms with Crippen LogP contribution in [0.3, 0.4) is 0 Å². The summed E-state index contributed by atoms with van der Waals surface area (Å²) in [4.78, 5) is 0. The Bertz CT molecular complexity index is 704. The molecule has 0 spiro atoms. The van der Waals surface area contributed by atoms with Gasteiger partial charge >= 0.3 is 0 Å². The van der Waals surface area contributed by atoms with Gasteiger partial charge in [0.15, 0.2) is 0 Å². The highest BCUT2D eigenvalue weighted by Crippen LogP contribution is 2.41. The molecule has 0 aliphatic rings. The molecule has 3 nitrogen and oxygen atoms in total. The zero-order chi connectivity index (χ0) is 18.4. The van der Waals surface area contributed by atoms with Crippen LogP contribution in [0.2, 0.25) is 0 Å². The Balaban J connectivity index is 2.48. The Morgan fingerprint density at radius 2 is 1.84 bits per heavy atom. The Labute approximate surface area is 151 Å². The second-order valence-electron chi connectivity index (χ2n) is 7.02. The van der Waals surface area contributed by atoms with E-state index in [9.17, 15) is 5.11 Å². The van der Waals surface area contributed by atoms with Gasteiger partial charge in [-0.15, -0.1) is 0 Å². The third-order valence-electron chi connectivity index (χ3n) is 4.36. The lowest BCUT2D eigenvalue weighted by atomic mass is 9.97. The summed E-state index contributed by atoms with van der Waals surface area (Å²) in [6, 6.07) is 12.0. The second-order valence-corrected chi connectivity index (χ2v) is 7.02. The number of phenols is 1. The fourth-order valence-corrected chi connectivity index (χ4v) is 2.86. The number of hydrogen-bond acceptors (Lipinski definition) is 3. The molecule has 0 aromatic heterocycles. The molecule has 0 amide bonds. The van der Waals surface area contributed by atoms with Gasteiger partial charge in [-0.2, -0.15) is 0 Å². The largest absolute Gasteiger partial charge is 0.507 e. The van der Waals surface area contributed by atoms with Crippen molar-refractivity contribution in [3.8, 4) is 22.6 Å². The lowest BCUT2D eigenvalue weighted by Gasteiger charge is -2.27. The number of rotatable bonds is 8. The van der Waals surface area contributed by atoms with E-state index >= 15 is 0 Å². The minimum Gasteiger partial charge on any atom is -0.507 e. The summed E-state index contributed by atoms with van der Waals surface area (Å²) < 4.78 is 11.6. The number of phenolic OH excluding ortho intramolecular Hbond substituents is 1. The highest BCUT2D eigenvalue weighted by Gasteiger charge is 2.23. The monoisotopic (exact) mass is 342 g/mol. The molecule has 0 heterocycles. The summed E-state index contributed by atoms with van der Waals surface area (Å²) >= 11 is 0. The van der Waals surface area contributed by atoms with E-state index in [-0.39, 0.29) is 5.75 Å². The maximum absolute atomic E-state index is 10.7. The van der Waals surface area contributed by atoms with E-state index in [0.717, 1.165) is 29.5 Å². The molecule has 0 radical (unpaired) electrons. The van der Waals surface area contributed by atoms with Gasteiger partial charge in [0, 0.05) is 21.0 Å². The fraction of sp³-hybridized carbons (Fsp3) is 0.455. The van der Waals surface area contributed by atoms with Gasteiger partial charge in [-0.1, -0.05) is 49.6 Å². The zero-order valence-electron chi connectivity index (χ0n) is 16.1. The van der Waals surface area contributed by atoms with Crippen LogP contribution >= 0.6 is 0 Å². The quantitative estimate of drug-likeness (QED) is 0.482. The van der Waals surface area contributed by atoms with Crippen molar-refractivity contribution in [2.45, 2.75) is 59.2 Å². The number of hydrogen-bond donors (Lipinski definition) is 1. The van der Waals surface area contributed by atoms with E-state index in [1.807, 2.05) is 51.1 Å². The number of benzene rings is 2. The molecule has 136 valence electrons. The van der Waals surface area contributed by atoms with Crippen LogP contribution in [-0.4, -0.2) is 18.0 Å². The summed E-state index contributed by atoms with van der Waals surface area (Å²) in [5, 5.41) is 10.7. The van der Waals surface area contributed by atoms with Crippen molar-refractivity contribution in [1.29, 1.82) is 0 Å². The predicted molar refractivity (Wildman–Crippen MR) is 103 cm³/mol. The third kappa shape index (κ3) is 5.23. The van der Waals surface area contributed by atoms with Crippen molar-refractivity contribution in [3.05, 3.63) is 47.5 Å². The first-order valence-electron chi connectivity index (χ1n) is 9.03. The van der Waals surface area contributed by atoms with Gasteiger partial charge in [-0.05, 0) is 43.0 Å².